The minimum absolute atomic E-state index is 0.00151. The third kappa shape index (κ3) is 2.96. The number of benzene rings is 1. The van der Waals surface area contributed by atoms with E-state index in [1.54, 1.807) is 17.4 Å². The van der Waals surface area contributed by atoms with E-state index in [1.807, 2.05) is 17.2 Å². The van der Waals surface area contributed by atoms with Crippen LogP contribution in [0.25, 0.3) is 0 Å². The lowest BCUT2D eigenvalue weighted by Gasteiger charge is -2.34. The molecule has 0 spiro atoms. The molecule has 4 nitrogen and oxygen atoms in total. The van der Waals surface area contributed by atoms with E-state index >= 15 is 0 Å². The molecule has 0 bridgehead atoms. The number of hydrogen-bond acceptors (Lipinski definition) is 4. The van der Waals surface area contributed by atoms with Crippen molar-refractivity contribution >= 4 is 28.8 Å². The lowest BCUT2D eigenvalue weighted by Crippen LogP contribution is -2.38. The third-order valence-corrected chi connectivity index (χ3v) is 5.26. The van der Waals surface area contributed by atoms with Crippen molar-refractivity contribution in [3.8, 4) is 5.75 Å². The van der Waals surface area contributed by atoms with Crippen molar-refractivity contribution in [3.05, 3.63) is 44.9 Å². The van der Waals surface area contributed by atoms with Gasteiger partial charge in [0.05, 0.1) is 16.6 Å². The highest BCUT2D eigenvalue weighted by atomic mass is 35.5. The summed E-state index contributed by atoms with van der Waals surface area (Å²) in [5, 5.41) is 13.0. The smallest absolute Gasteiger partial charge is 0.256 e. The molecule has 22 heavy (non-hydrogen) atoms. The van der Waals surface area contributed by atoms with Crippen molar-refractivity contribution in [2.75, 3.05) is 6.54 Å². The highest BCUT2D eigenvalue weighted by molar-refractivity contribution is 7.09. The number of likely N-dealkylation sites (tertiary alicyclic amines) is 1. The van der Waals surface area contributed by atoms with Gasteiger partial charge in [0, 0.05) is 17.6 Å². The quantitative estimate of drug-likeness (QED) is 0.895. The fourth-order valence-electron chi connectivity index (χ4n) is 2.79. The van der Waals surface area contributed by atoms with Gasteiger partial charge in [0.1, 0.15) is 10.8 Å². The van der Waals surface area contributed by atoms with Gasteiger partial charge >= 0.3 is 0 Å². The van der Waals surface area contributed by atoms with Gasteiger partial charge in [0.25, 0.3) is 5.91 Å². The summed E-state index contributed by atoms with van der Waals surface area (Å²) in [4.78, 5) is 19.2. The first-order chi connectivity index (χ1) is 10.6. The van der Waals surface area contributed by atoms with E-state index in [-0.39, 0.29) is 17.7 Å². The molecule has 1 aliphatic rings. The van der Waals surface area contributed by atoms with Crippen LogP contribution in [0.1, 0.15) is 46.4 Å². The largest absolute Gasteiger partial charge is 0.508 e. The minimum atomic E-state index is -0.140. The number of amides is 1. The summed E-state index contributed by atoms with van der Waals surface area (Å²) in [5.74, 6) is -0.0927. The molecule has 1 amide bonds. The zero-order valence-corrected chi connectivity index (χ0v) is 13.8. The van der Waals surface area contributed by atoms with Crippen LogP contribution >= 0.6 is 22.9 Å². The zero-order chi connectivity index (χ0) is 15.7. The third-order valence-electron chi connectivity index (χ3n) is 3.87. The molecule has 1 unspecified atom stereocenters. The molecule has 3 rings (SSSR count). The molecule has 1 N–H and O–H groups in total. The van der Waals surface area contributed by atoms with Crippen LogP contribution in [0.5, 0.6) is 5.75 Å². The summed E-state index contributed by atoms with van der Waals surface area (Å²) >= 11 is 7.73. The molecule has 2 aromatic rings. The lowest BCUT2D eigenvalue weighted by atomic mass is 10.0. The number of aryl methyl sites for hydroxylation is 1. The monoisotopic (exact) mass is 336 g/mol. The Kier molecular flexibility index (Phi) is 4.36. The van der Waals surface area contributed by atoms with E-state index in [9.17, 15) is 9.90 Å². The number of piperidine rings is 1. The van der Waals surface area contributed by atoms with Gasteiger partial charge in [-0.05, 0) is 44.4 Å². The molecule has 1 atom stereocenters. The second-order valence-electron chi connectivity index (χ2n) is 5.50. The predicted molar refractivity (Wildman–Crippen MR) is 87.6 cm³/mol. The summed E-state index contributed by atoms with van der Waals surface area (Å²) < 4.78 is 0. The van der Waals surface area contributed by atoms with Crippen LogP contribution in [0.4, 0.5) is 0 Å². The summed E-state index contributed by atoms with van der Waals surface area (Å²) in [6.45, 7) is 2.65. The fraction of sp³-hybridized carbons (Fsp3) is 0.375. The van der Waals surface area contributed by atoms with Crippen molar-refractivity contribution in [1.29, 1.82) is 0 Å². The fourth-order valence-corrected chi connectivity index (χ4v) is 3.93. The van der Waals surface area contributed by atoms with Crippen LogP contribution in [0.3, 0.4) is 0 Å². The number of nitrogens with zero attached hydrogens (tertiary/aromatic N) is 2. The van der Waals surface area contributed by atoms with E-state index in [2.05, 4.69) is 4.98 Å². The average Bonchev–Trinajstić information content (AvgIpc) is 2.95. The standard InChI is InChI=1S/C16H17ClN2O2S/c1-10-9-22-15(18-10)14-4-2-3-7-19(14)16(21)12-8-11(20)5-6-13(12)17/h5-6,8-9,14,20H,2-4,7H2,1H3. The maximum Gasteiger partial charge on any atom is 0.256 e. The van der Waals surface area contributed by atoms with Crippen LogP contribution in [0.15, 0.2) is 23.6 Å². The molecule has 0 aliphatic carbocycles. The van der Waals surface area contributed by atoms with Crippen LogP contribution < -0.4 is 0 Å². The Morgan fingerprint density at radius 2 is 2.27 bits per heavy atom. The number of halogens is 1. The van der Waals surface area contributed by atoms with Crippen LogP contribution in [-0.2, 0) is 0 Å². The normalized spacial score (nSPS) is 18.5. The average molecular weight is 337 g/mol. The van der Waals surface area contributed by atoms with E-state index in [4.69, 9.17) is 11.6 Å². The number of carbonyl (C=O) groups excluding carboxylic acids is 1. The maximum atomic E-state index is 12.9. The van der Waals surface area contributed by atoms with Crippen molar-refractivity contribution in [3.63, 3.8) is 0 Å². The Labute approximate surface area is 138 Å². The SMILES string of the molecule is Cc1csc(C2CCCCN2C(=O)c2cc(O)ccc2Cl)n1. The number of phenolic OH excluding ortho intramolecular Hbond substituents is 1. The van der Waals surface area contributed by atoms with Crippen molar-refractivity contribution in [2.24, 2.45) is 0 Å². The number of carbonyl (C=O) groups is 1. The Balaban J connectivity index is 1.93. The van der Waals surface area contributed by atoms with Gasteiger partial charge in [-0.25, -0.2) is 4.98 Å². The highest BCUT2D eigenvalue weighted by Crippen LogP contribution is 2.35. The summed E-state index contributed by atoms with van der Waals surface area (Å²) in [7, 11) is 0. The first-order valence-electron chi connectivity index (χ1n) is 7.28. The van der Waals surface area contributed by atoms with Crippen LogP contribution in [0.2, 0.25) is 5.02 Å². The predicted octanol–water partition coefficient (Wildman–Crippen LogP) is 4.18. The maximum absolute atomic E-state index is 12.9. The number of rotatable bonds is 2. The number of aromatic hydroxyl groups is 1. The van der Waals surface area contributed by atoms with Crippen LogP contribution in [0, 0.1) is 6.92 Å². The van der Waals surface area contributed by atoms with E-state index in [0.29, 0.717) is 17.1 Å². The Morgan fingerprint density at radius 1 is 1.45 bits per heavy atom. The van der Waals surface area contributed by atoms with Crippen molar-refractivity contribution < 1.29 is 9.90 Å². The second kappa shape index (κ2) is 6.26. The second-order valence-corrected chi connectivity index (χ2v) is 6.80. The molecule has 1 aromatic carbocycles. The molecule has 0 saturated carbocycles. The molecule has 1 saturated heterocycles. The molecule has 2 heterocycles. The summed E-state index contributed by atoms with van der Waals surface area (Å²) in [5.41, 5.74) is 1.33. The van der Waals surface area contributed by atoms with Gasteiger partial charge in [-0.1, -0.05) is 11.6 Å². The Morgan fingerprint density at radius 3 is 3.00 bits per heavy atom. The summed E-state index contributed by atoms with van der Waals surface area (Å²) in [6, 6.07) is 4.47. The number of phenols is 1. The molecule has 116 valence electrons. The van der Waals surface area contributed by atoms with Gasteiger partial charge in [-0.2, -0.15) is 0 Å². The molecule has 6 heteroatoms. The first-order valence-corrected chi connectivity index (χ1v) is 8.53. The van der Waals surface area contributed by atoms with E-state index in [0.717, 1.165) is 30.0 Å². The van der Waals surface area contributed by atoms with Crippen molar-refractivity contribution in [1.82, 2.24) is 9.88 Å². The molecule has 0 radical (unpaired) electrons. The highest BCUT2D eigenvalue weighted by Gasteiger charge is 2.31. The zero-order valence-electron chi connectivity index (χ0n) is 12.3. The molecular weight excluding hydrogens is 320 g/mol. The number of thiazole rings is 1. The van der Waals surface area contributed by atoms with Gasteiger partial charge in [-0.15, -0.1) is 11.3 Å². The first kappa shape index (κ1) is 15.3. The Bertz CT molecular complexity index is 701. The molecule has 1 fully saturated rings. The molecule has 1 aromatic heterocycles. The van der Waals surface area contributed by atoms with Crippen LogP contribution in [-0.4, -0.2) is 27.4 Å². The van der Waals surface area contributed by atoms with Gasteiger partial charge in [0.2, 0.25) is 0 Å². The van der Waals surface area contributed by atoms with Gasteiger partial charge in [0.15, 0.2) is 0 Å². The summed E-state index contributed by atoms with van der Waals surface area (Å²) in [6.07, 6.45) is 2.97. The van der Waals surface area contributed by atoms with Gasteiger partial charge in [-0.3, -0.25) is 4.79 Å². The number of aromatic nitrogens is 1. The molecular formula is C16H17ClN2O2S. The topological polar surface area (TPSA) is 53.4 Å². The number of hydrogen-bond donors (Lipinski definition) is 1. The molecule has 1 aliphatic heterocycles. The van der Waals surface area contributed by atoms with E-state index in [1.165, 1.54) is 12.1 Å². The van der Waals surface area contributed by atoms with Gasteiger partial charge < -0.3 is 10.0 Å². The Hall–Kier alpha value is -1.59. The lowest BCUT2D eigenvalue weighted by molar-refractivity contribution is 0.0611. The van der Waals surface area contributed by atoms with Crippen molar-refractivity contribution in [2.45, 2.75) is 32.2 Å². The van der Waals surface area contributed by atoms with E-state index < -0.39 is 0 Å². The minimum Gasteiger partial charge on any atom is -0.508 e.